The number of benzene rings is 2. The van der Waals surface area contributed by atoms with Gasteiger partial charge in [0.1, 0.15) is 0 Å². The van der Waals surface area contributed by atoms with Crippen molar-refractivity contribution in [2.24, 2.45) is 0 Å². The quantitative estimate of drug-likeness (QED) is 0.771. The maximum absolute atomic E-state index is 3.65. The Bertz CT molecular complexity index is 621. The molecule has 2 aromatic rings. The average molecular weight is 332 g/mol. The fourth-order valence-corrected chi connectivity index (χ4v) is 3.35. The normalized spacial score (nSPS) is 10.7. The highest BCUT2D eigenvalue weighted by molar-refractivity contribution is 9.10. The van der Waals surface area contributed by atoms with Crippen LogP contribution >= 0.6 is 15.9 Å². The van der Waals surface area contributed by atoms with Crippen molar-refractivity contribution in [3.8, 4) is 0 Å². The molecule has 0 saturated heterocycles. The van der Waals surface area contributed by atoms with Crippen LogP contribution in [0.2, 0.25) is 0 Å². The van der Waals surface area contributed by atoms with Gasteiger partial charge in [-0.25, -0.2) is 0 Å². The summed E-state index contributed by atoms with van der Waals surface area (Å²) in [6.45, 7) is 11.6. The van der Waals surface area contributed by atoms with E-state index in [4.69, 9.17) is 0 Å². The third-order valence-corrected chi connectivity index (χ3v) is 4.47. The summed E-state index contributed by atoms with van der Waals surface area (Å²) < 4.78 is 1.14. The summed E-state index contributed by atoms with van der Waals surface area (Å²) >= 11 is 3.65. The van der Waals surface area contributed by atoms with Gasteiger partial charge in [-0.1, -0.05) is 18.2 Å². The van der Waals surface area contributed by atoms with Gasteiger partial charge < -0.3 is 5.32 Å². The molecule has 0 radical (unpaired) electrons. The molecule has 1 N–H and O–H groups in total. The van der Waals surface area contributed by atoms with Crippen molar-refractivity contribution in [1.82, 2.24) is 0 Å². The van der Waals surface area contributed by atoms with Crippen molar-refractivity contribution in [1.29, 1.82) is 0 Å². The summed E-state index contributed by atoms with van der Waals surface area (Å²) in [5.41, 5.74) is 9.17. The number of hydrogen-bond acceptors (Lipinski definition) is 1. The summed E-state index contributed by atoms with van der Waals surface area (Å²) in [5.74, 6) is 0. The molecule has 2 heteroatoms. The maximum Gasteiger partial charge on any atom is 0.0517 e. The van der Waals surface area contributed by atoms with Gasteiger partial charge in [0.15, 0.2) is 0 Å². The first-order valence-electron chi connectivity index (χ1n) is 6.96. The number of hydrogen-bond donors (Lipinski definition) is 1. The van der Waals surface area contributed by atoms with Gasteiger partial charge in [0.05, 0.1) is 5.69 Å². The van der Waals surface area contributed by atoms with Crippen LogP contribution in [0.5, 0.6) is 0 Å². The Kier molecular flexibility index (Phi) is 4.54. The van der Waals surface area contributed by atoms with Gasteiger partial charge in [-0.05, 0) is 90.0 Å². The lowest BCUT2D eigenvalue weighted by Crippen LogP contribution is -2.04. The molecule has 0 unspecified atom stereocenters. The zero-order valence-corrected chi connectivity index (χ0v) is 14.5. The Labute approximate surface area is 130 Å². The molecule has 0 fully saturated rings. The molecule has 1 nitrogen and oxygen atoms in total. The van der Waals surface area contributed by atoms with E-state index in [1.54, 1.807) is 0 Å². The van der Waals surface area contributed by atoms with Crippen LogP contribution in [-0.4, -0.2) is 0 Å². The van der Waals surface area contributed by atoms with E-state index in [1.807, 2.05) is 0 Å². The highest BCUT2D eigenvalue weighted by Gasteiger charge is 2.06. The Morgan fingerprint density at radius 2 is 1.45 bits per heavy atom. The third kappa shape index (κ3) is 3.24. The molecule has 0 aromatic heterocycles. The number of halogens is 1. The van der Waals surface area contributed by atoms with Crippen molar-refractivity contribution >= 4 is 21.6 Å². The van der Waals surface area contributed by atoms with Crippen molar-refractivity contribution in [2.75, 3.05) is 5.32 Å². The van der Waals surface area contributed by atoms with Crippen LogP contribution in [0, 0.1) is 34.6 Å². The van der Waals surface area contributed by atoms with Crippen molar-refractivity contribution in [2.45, 2.75) is 41.2 Å². The molecule has 0 heterocycles. The predicted octanol–water partition coefficient (Wildman–Crippen LogP) is 5.60. The summed E-state index contributed by atoms with van der Waals surface area (Å²) in [6.07, 6.45) is 0. The minimum Gasteiger partial charge on any atom is -0.380 e. The lowest BCUT2D eigenvalue weighted by molar-refractivity contribution is 1.09. The Morgan fingerprint density at radius 3 is 2.10 bits per heavy atom. The fourth-order valence-electron chi connectivity index (χ4n) is 2.53. The fraction of sp³-hybridized carbons (Fsp3) is 0.333. The van der Waals surface area contributed by atoms with E-state index in [-0.39, 0.29) is 0 Å². The molecular formula is C18H22BrN. The van der Waals surface area contributed by atoms with E-state index in [9.17, 15) is 0 Å². The number of rotatable bonds is 3. The van der Waals surface area contributed by atoms with Gasteiger partial charge in [-0.2, -0.15) is 0 Å². The molecule has 0 aliphatic rings. The van der Waals surface area contributed by atoms with E-state index in [2.05, 4.69) is 80.1 Å². The monoisotopic (exact) mass is 331 g/mol. The van der Waals surface area contributed by atoms with Crippen molar-refractivity contribution in [3.63, 3.8) is 0 Å². The highest BCUT2D eigenvalue weighted by atomic mass is 79.9. The van der Waals surface area contributed by atoms with Gasteiger partial charge in [0, 0.05) is 11.0 Å². The minimum atomic E-state index is 0.857. The molecule has 2 aromatic carbocycles. The first-order chi connectivity index (χ1) is 9.38. The van der Waals surface area contributed by atoms with Crippen LogP contribution in [0.25, 0.3) is 0 Å². The van der Waals surface area contributed by atoms with E-state index in [0.717, 1.165) is 11.0 Å². The van der Waals surface area contributed by atoms with Crippen LogP contribution in [0.4, 0.5) is 5.69 Å². The maximum atomic E-state index is 3.65. The molecule has 20 heavy (non-hydrogen) atoms. The molecule has 0 aliphatic carbocycles. The Balaban J connectivity index is 2.23. The SMILES string of the molecule is Cc1cc(C)c(NCc2cc(C)c(C)cc2C)c(Br)c1. The van der Waals surface area contributed by atoms with Crippen LogP contribution in [0.15, 0.2) is 28.7 Å². The van der Waals surface area contributed by atoms with E-state index in [0.29, 0.717) is 0 Å². The van der Waals surface area contributed by atoms with Gasteiger partial charge in [0.25, 0.3) is 0 Å². The van der Waals surface area contributed by atoms with E-state index < -0.39 is 0 Å². The van der Waals surface area contributed by atoms with Crippen LogP contribution in [-0.2, 0) is 6.54 Å². The second kappa shape index (κ2) is 6.01. The molecule has 2 rings (SSSR count). The van der Waals surface area contributed by atoms with Gasteiger partial charge in [0.2, 0.25) is 0 Å². The lowest BCUT2D eigenvalue weighted by atomic mass is 10.0. The second-order valence-electron chi connectivity index (χ2n) is 5.66. The van der Waals surface area contributed by atoms with Crippen molar-refractivity contribution in [3.05, 3.63) is 62.1 Å². The van der Waals surface area contributed by atoms with Crippen LogP contribution in [0.1, 0.15) is 33.4 Å². The standard InChI is InChI=1S/C18H22BrN/c1-11-6-15(5)18(17(19)7-11)20-10-16-9-13(3)12(2)8-14(16)4/h6-9,20H,10H2,1-5H3. The summed E-state index contributed by atoms with van der Waals surface area (Å²) in [4.78, 5) is 0. The first-order valence-corrected chi connectivity index (χ1v) is 7.75. The first kappa shape index (κ1) is 15.1. The molecule has 0 bridgehead atoms. The topological polar surface area (TPSA) is 12.0 Å². The number of aryl methyl sites for hydroxylation is 5. The zero-order valence-electron chi connectivity index (χ0n) is 12.9. The van der Waals surface area contributed by atoms with Gasteiger partial charge in [-0.15, -0.1) is 0 Å². The van der Waals surface area contributed by atoms with Gasteiger partial charge in [-0.3, -0.25) is 0 Å². The largest absolute Gasteiger partial charge is 0.380 e. The summed E-state index contributed by atoms with van der Waals surface area (Å²) in [7, 11) is 0. The van der Waals surface area contributed by atoms with Crippen LogP contribution < -0.4 is 5.32 Å². The second-order valence-corrected chi connectivity index (χ2v) is 6.51. The molecule has 0 atom stereocenters. The molecule has 106 valence electrons. The van der Waals surface area contributed by atoms with E-state index >= 15 is 0 Å². The highest BCUT2D eigenvalue weighted by Crippen LogP contribution is 2.28. The van der Waals surface area contributed by atoms with Gasteiger partial charge >= 0.3 is 0 Å². The summed E-state index contributed by atoms with van der Waals surface area (Å²) in [6, 6.07) is 8.92. The summed E-state index contributed by atoms with van der Waals surface area (Å²) in [5, 5.41) is 3.57. The minimum absolute atomic E-state index is 0.857. The lowest BCUT2D eigenvalue weighted by Gasteiger charge is -2.15. The van der Waals surface area contributed by atoms with Crippen LogP contribution in [0.3, 0.4) is 0 Å². The molecule has 0 saturated carbocycles. The molecule has 0 aliphatic heterocycles. The predicted molar refractivity (Wildman–Crippen MR) is 91.6 cm³/mol. The number of anilines is 1. The molecular weight excluding hydrogens is 310 g/mol. The Hall–Kier alpha value is -1.28. The molecule has 0 spiro atoms. The molecule has 0 amide bonds. The third-order valence-electron chi connectivity index (χ3n) is 3.84. The zero-order chi connectivity index (χ0) is 14.9. The van der Waals surface area contributed by atoms with Crippen molar-refractivity contribution < 1.29 is 0 Å². The smallest absolute Gasteiger partial charge is 0.0517 e. The van der Waals surface area contributed by atoms with E-state index in [1.165, 1.54) is 39.1 Å². The average Bonchev–Trinajstić information content (AvgIpc) is 2.33. The Morgan fingerprint density at radius 1 is 0.800 bits per heavy atom. The number of nitrogens with one attached hydrogen (secondary N) is 1.